The summed E-state index contributed by atoms with van der Waals surface area (Å²) in [6.45, 7) is 3.03. The van der Waals surface area contributed by atoms with Crippen molar-refractivity contribution in [2.24, 2.45) is 0 Å². The summed E-state index contributed by atoms with van der Waals surface area (Å²) in [5.41, 5.74) is 2.30. The summed E-state index contributed by atoms with van der Waals surface area (Å²) in [6, 6.07) is 7.73. The fourth-order valence-corrected chi connectivity index (χ4v) is 2.88. The van der Waals surface area contributed by atoms with Gasteiger partial charge < -0.3 is 5.32 Å². The van der Waals surface area contributed by atoms with E-state index < -0.39 is 0 Å². The Morgan fingerprint density at radius 1 is 1.28 bits per heavy atom. The van der Waals surface area contributed by atoms with E-state index in [2.05, 4.69) is 54.4 Å². The Hall–Kier alpha value is -0.930. The summed E-state index contributed by atoms with van der Waals surface area (Å²) in [6.07, 6.45) is 5.20. The Balaban J connectivity index is 1.87. The van der Waals surface area contributed by atoms with Gasteiger partial charge in [-0.2, -0.15) is 0 Å². The first-order chi connectivity index (χ1) is 8.69. The molecule has 3 heteroatoms. The number of pyridine rings is 1. The van der Waals surface area contributed by atoms with E-state index >= 15 is 0 Å². The standard InChI is InChI=1S/C15H25N3/c1-12-5-4-6-14(17-12)11-18(3)15-9-7-13(16-2)8-10-15/h4-6,13,15-16H,7-11H2,1-3H3. The van der Waals surface area contributed by atoms with Crippen molar-refractivity contribution in [3.05, 3.63) is 29.6 Å². The van der Waals surface area contributed by atoms with Crippen LogP contribution in [0.5, 0.6) is 0 Å². The van der Waals surface area contributed by atoms with Crippen LogP contribution in [0.3, 0.4) is 0 Å². The van der Waals surface area contributed by atoms with Crippen LogP contribution in [0.25, 0.3) is 0 Å². The normalized spacial score (nSPS) is 24.4. The maximum Gasteiger partial charge on any atom is 0.0547 e. The Morgan fingerprint density at radius 3 is 2.61 bits per heavy atom. The van der Waals surface area contributed by atoms with Crippen molar-refractivity contribution in [3.8, 4) is 0 Å². The van der Waals surface area contributed by atoms with Crippen molar-refractivity contribution >= 4 is 0 Å². The zero-order valence-corrected chi connectivity index (χ0v) is 11.8. The summed E-state index contributed by atoms with van der Waals surface area (Å²) >= 11 is 0. The van der Waals surface area contributed by atoms with Gasteiger partial charge in [0.15, 0.2) is 0 Å². The molecule has 1 aromatic rings. The van der Waals surface area contributed by atoms with Crippen molar-refractivity contribution in [1.82, 2.24) is 15.2 Å². The Morgan fingerprint density at radius 2 is 2.00 bits per heavy atom. The quantitative estimate of drug-likeness (QED) is 0.885. The molecule has 0 aromatic carbocycles. The van der Waals surface area contributed by atoms with Crippen molar-refractivity contribution in [3.63, 3.8) is 0 Å². The molecule has 100 valence electrons. The minimum Gasteiger partial charge on any atom is -0.317 e. The van der Waals surface area contributed by atoms with Gasteiger partial charge in [-0.05, 0) is 58.8 Å². The van der Waals surface area contributed by atoms with Crippen LogP contribution in [-0.4, -0.2) is 36.1 Å². The molecule has 3 nitrogen and oxygen atoms in total. The Kier molecular flexibility index (Phi) is 4.72. The highest BCUT2D eigenvalue weighted by Crippen LogP contribution is 2.23. The third-order valence-electron chi connectivity index (χ3n) is 4.09. The van der Waals surface area contributed by atoms with E-state index in [1.54, 1.807) is 0 Å². The van der Waals surface area contributed by atoms with Crippen LogP contribution in [0.15, 0.2) is 18.2 Å². The first kappa shape index (κ1) is 13.5. The number of nitrogens with zero attached hydrogens (tertiary/aromatic N) is 2. The van der Waals surface area contributed by atoms with Crippen LogP contribution < -0.4 is 5.32 Å². The van der Waals surface area contributed by atoms with Gasteiger partial charge in [0, 0.05) is 24.3 Å². The first-order valence-electron chi connectivity index (χ1n) is 6.99. The van der Waals surface area contributed by atoms with E-state index in [9.17, 15) is 0 Å². The molecule has 0 saturated heterocycles. The molecule has 0 spiro atoms. The molecule has 1 aliphatic carbocycles. The van der Waals surface area contributed by atoms with Crippen LogP contribution in [0.1, 0.15) is 37.1 Å². The maximum atomic E-state index is 4.59. The molecule has 1 aliphatic rings. The lowest BCUT2D eigenvalue weighted by Crippen LogP contribution is -2.39. The molecular weight excluding hydrogens is 222 g/mol. The largest absolute Gasteiger partial charge is 0.317 e. The van der Waals surface area contributed by atoms with Gasteiger partial charge >= 0.3 is 0 Å². The Bertz CT molecular complexity index is 370. The number of rotatable bonds is 4. The van der Waals surface area contributed by atoms with Gasteiger partial charge in [0.25, 0.3) is 0 Å². The molecule has 2 rings (SSSR count). The maximum absolute atomic E-state index is 4.59. The van der Waals surface area contributed by atoms with Crippen LogP contribution in [0.2, 0.25) is 0 Å². The monoisotopic (exact) mass is 247 g/mol. The second-order valence-electron chi connectivity index (χ2n) is 5.48. The predicted molar refractivity (Wildman–Crippen MR) is 75.5 cm³/mol. The van der Waals surface area contributed by atoms with Crippen molar-refractivity contribution in [2.75, 3.05) is 14.1 Å². The molecule has 0 atom stereocenters. The molecule has 1 N–H and O–H groups in total. The van der Waals surface area contributed by atoms with Crippen molar-refractivity contribution in [1.29, 1.82) is 0 Å². The van der Waals surface area contributed by atoms with E-state index in [0.717, 1.165) is 24.3 Å². The van der Waals surface area contributed by atoms with E-state index in [0.29, 0.717) is 0 Å². The van der Waals surface area contributed by atoms with Gasteiger partial charge in [-0.25, -0.2) is 0 Å². The minimum atomic E-state index is 0.719. The van der Waals surface area contributed by atoms with E-state index in [4.69, 9.17) is 0 Å². The fraction of sp³-hybridized carbons (Fsp3) is 0.667. The lowest BCUT2D eigenvalue weighted by molar-refractivity contribution is 0.168. The molecular formula is C15H25N3. The molecule has 0 aliphatic heterocycles. The second-order valence-corrected chi connectivity index (χ2v) is 5.48. The first-order valence-corrected chi connectivity index (χ1v) is 6.99. The van der Waals surface area contributed by atoms with Gasteiger partial charge in [0.05, 0.1) is 5.69 Å². The molecule has 1 fully saturated rings. The number of aromatic nitrogens is 1. The number of hydrogen-bond acceptors (Lipinski definition) is 3. The van der Waals surface area contributed by atoms with Crippen LogP contribution >= 0.6 is 0 Å². The van der Waals surface area contributed by atoms with Crippen molar-refractivity contribution < 1.29 is 0 Å². The minimum absolute atomic E-state index is 0.719. The molecule has 1 saturated carbocycles. The highest BCUT2D eigenvalue weighted by atomic mass is 15.1. The van der Waals surface area contributed by atoms with Crippen LogP contribution in [0.4, 0.5) is 0 Å². The molecule has 0 radical (unpaired) electrons. The highest BCUT2D eigenvalue weighted by Gasteiger charge is 2.23. The highest BCUT2D eigenvalue weighted by molar-refractivity contribution is 5.09. The van der Waals surface area contributed by atoms with E-state index in [1.807, 2.05) is 0 Å². The lowest BCUT2D eigenvalue weighted by atomic mass is 9.90. The van der Waals surface area contributed by atoms with Crippen LogP contribution in [-0.2, 0) is 6.54 Å². The average molecular weight is 247 g/mol. The van der Waals surface area contributed by atoms with Gasteiger partial charge in [-0.1, -0.05) is 6.07 Å². The van der Waals surface area contributed by atoms with Crippen LogP contribution in [0, 0.1) is 6.92 Å². The Labute approximate surface area is 111 Å². The zero-order valence-electron chi connectivity index (χ0n) is 11.8. The van der Waals surface area contributed by atoms with Gasteiger partial charge in [-0.3, -0.25) is 9.88 Å². The van der Waals surface area contributed by atoms with E-state index in [1.165, 1.54) is 31.4 Å². The molecule has 1 aromatic heterocycles. The molecule has 18 heavy (non-hydrogen) atoms. The SMILES string of the molecule is CNC1CCC(N(C)Cc2cccc(C)n2)CC1. The van der Waals surface area contributed by atoms with Gasteiger partial charge in [0.1, 0.15) is 0 Å². The zero-order chi connectivity index (χ0) is 13.0. The van der Waals surface area contributed by atoms with Gasteiger partial charge in [0.2, 0.25) is 0 Å². The molecule has 0 amide bonds. The average Bonchev–Trinajstić information content (AvgIpc) is 2.39. The number of hydrogen-bond donors (Lipinski definition) is 1. The lowest BCUT2D eigenvalue weighted by Gasteiger charge is -2.34. The van der Waals surface area contributed by atoms with E-state index in [-0.39, 0.29) is 0 Å². The fourth-order valence-electron chi connectivity index (χ4n) is 2.88. The molecule has 0 unspecified atom stereocenters. The number of aryl methyl sites for hydroxylation is 1. The topological polar surface area (TPSA) is 28.2 Å². The summed E-state index contributed by atoms with van der Waals surface area (Å²) in [5.74, 6) is 0. The smallest absolute Gasteiger partial charge is 0.0547 e. The summed E-state index contributed by atoms with van der Waals surface area (Å²) < 4.78 is 0. The third kappa shape index (κ3) is 3.53. The molecule has 0 bridgehead atoms. The predicted octanol–water partition coefficient (Wildman–Crippen LogP) is 2.35. The molecule has 1 heterocycles. The third-order valence-corrected chi connectivity index (χ3v) is 4.09. The number of nitrogens with one attached hydrogen (secondary N) is 1. The second kappa shape index (κ2) is 6.30. The summed E-state index contributed by atoms with van der Waals surface area (Å²) in [5, 5.41) is 3.39. The van der Waals surface area contributed by atoms with Gasteiger partial charge in [-0.15, -0.1) is 0 Å². The summed E-state index contributed by atoms with van der Waals surface area (Å²) in [7, 11) is 4.31. The summed E-state index contributed by atoms with van der Waals surface area (Å²) in [4.78, 5) is 7.05. The van der Waals surface area contributed by atoms with Crippen molar-refractivity contribution in [2.45, 2.75) is 51.2 Å².